The van der Waals surface area contributed by atoms with Crippen molar-refractivity contribution in [2.45, 2.75) is 24.2 Å². The molecule has 0 spiro atoms. The molecule has 0 atom stereocenters. The van der Waals surface area contributed by atoms with Crippen molar-refractivity contribution >= 4 is 21.6 Å². The summed E-state index contributed by atoms with van der Waals surface area (Å²) < 4.78 is 34.6. The number of amides is 1. The predicted molar refractivity (Wildman–Crippen MR) is 119 cm³/mol. The van der Waals surface area contributed by atoms with Crippen molar-refractivity contribution in [2.24, 2.45) is 7.05 Å². The highest BCUT2D eigenvalue weighted by Gasteiger charge is 2.30. The molecule has 0 bridgehead atoms. The van der Waals surface area contributed by atoms with E-state index in [0.29, 0.717) is 45.0 Å². The van der Waals surface area contributed by atoms with Gasteiger partial charge in [0.05, 0.1) is 12.8 Å². The second-order valence-electron chi connectivity index (χ2n) is 8.09. The Balaban J connectivity index is 1.46. The molecule has 8 nitrogen and oxygen atoms in total. The van der Waals surface area contributed by atoms with Crippen LogP contribution in [0, 0.1) is 0 Å². The highest BCUT2D eigenvalue weighted by atomic mass is 32.2. The first-order valence-corrected chi connectivity index (χ1v) is 12.2. The summed E-state index contributed by atoms with van der Waals surface area (Å²) >= 11 is 0. The molecular formula is C22H30N4O4S. The zero-order valence-corrected chi connectivity index (χ0v) is 19.0. The molecule has 0 aliphatic carbocycles. The molecule has 1 amide bonds. The number of sulfonamides is 1. The van der Waals surface area contributed by atoms with Gasteiger partial charge in [-0.15, -0.1) is 0 Å². The van der Waals surface area contributed by atoms with E-state index in [-0.39, 0.29) is 10.8 Å². The summed E-state index contributed by atoms with van der Waals surface area (Å²) in [4.78, 5) is 17.4. The molecule has 2 aliphatic heterocycles. The molecule has 2 aliphatic rings. The van der Waals surface area contributed by atoms with Crippen LogP contribution in [0.15, 0.2) is 41.4 Å². The minimum Gasteiger partial charge on any atom is -0.495 e. The normalized spacial score (nSPS) is 18.3. The van der Waals surface area contributed by atoms with E-state index in [1.165, 1.54) is 10.4 Å². The van der Waals surface area contributed by atoms with E-state index in [0.717, 1.165) is 30.7 Å². The van der Waals surface area contributed by atoms with Gasteiger partial charge >= 0.3 is 0 Å². The van der Waals surface area contributed by atoms with Crippen LogP contribution >= 0.6 is 0 Å². The van der Waals surface area contributed by atoms with E-state index in [1.54, 1.807) is 29.8 Å². The zero-order valence-electron chi connectivity index (χ0n) is 18.2. The van der Waals surface area contributed by atoms with Crippen molar-refractivity contribution in [3.8, 4) is 5.75 Å². The van der Waals surface area contributed by atoms with Crippen LogP contribution in [0.4, 0.5) is 5.69 Å². The fraction of sp³-hybridized carbons (Fsp3) is 0.500. The van der Waals surface area contributed by atoms with E-state index in [1.807, 2.05) is 24.3 Å². The van der Waals surface area contributed by atoms with Gasteiger partial charge in [-0.3, -0.25) is 4.79 Å². The van der Waals surface area contributed by atoms with Gasteiger partial charge in [-0.25, -0.2) is 8.42 Å². The Bertz CT molecular complexity index is 1040. The lowest BCUT2D eigenvalue weighted by molar-refractivity contribution is 0.0737. The Labute approximate surface area is 184 Å². The standard InChI is InChI=1S/C22H30N4O4S/c1-23-17-18(31(28,29)26-10-6-3-7-11-26)16-20(23)22(27)25-14-12-24(13-15-25)19-8-4-5-9-21(19)30-2/h4-5,8-9,16-17H,3,6-7,10-15H2,1-2H3. The lowest BCUT2D eigenvalue weighted by atomic mass is 10.2. The number of piperazine rings is 1. The first-order chi connectivity index (χ1) is 14.9. The maximum Gasteiger partial charge on any atom is 0.270 e. The van der Waals surface area contributed by atoms with Gasteiger partial charge in [0, 0.05) is 52.5 Å². The third-order valence-corrected chi connectivity index (χ3v) is 8.01. The maximum absolute atomic E-state index is 13.2. The number of hydrogen-bond acceptors (Lipinski definition) is 5. The van der Waals surface area contributed by atoms with E-state index in [2.05, 4.69) is 4.90 Å². The molecule has 31 heavy (non-hydrogen) atoms. The molecule has 0 saturated carbocycles. The number of ether oxygens (including phenoxy) is 1. The van der Waals surface area contributed by atoms with Gasteiger partial charge in [0.2, 0.25) is 10.0 Å². The van der Waals surface area contributed by atoms with Crippen LogP contribution in [0.1, 0.15) is 29.8 Å². The predicted octanol–water partition coefficient (Wildman–Crippen LogP) is 2.17. The Hall–Kier alpha value is -2.52. The second kappa shape index (κ2) is 8.92. The van der Waals surface area contributed by atoms with Gasteiger partial charge in [0.1, 0.15) is 16.3 Å². The Morgan fingerprint density at radius 1 is 0.968 bits per heavy atom. The number of hydrogen-bond donors (Lipinski definition) is 0. The van der Waals surface area contributed by atoms with Crippen LogP contribution in [-0.4, -0.2) is 74.5 Å². The van der Waals surface area contributed by atoms with Gasteiger partial charge in [-0.2, -0.15) is 4.31 Å². The lowest BCUT2D eigenvalue weighted by Crippen LogP contribution is -2.49. The summed E-state index contributed by atoms with van der Waals surface area (Å²) in [6.07, 6.45) is 4.39. The monoisotopic (exact) mass is 446 g/mol. The lowest BCUT2D eigenvalue weighted by Gasteiger charge is -2.36. The van der Waals surface area contributed by atoms with Gasteiger partial charge in [-0.05, 0) is 31.0 Å². The number of aromatic nitrogens is 1. The first kappa shape index (κ1) is 21.7. The average Bonchev–Trinajstić information content (AvgIpc) is 3.21. The summed E-state index contributed by atoms with van der Waals surface area (Å²) in [5, 5.41) is 0. The number of methoxy groups -OCH3 is 1. The number of nitrogens with zero attached hydrogens (tertiary/aromatic N) is 4. The number of piperidine rings is 1. The summed E-state index contributed by atoms with van der Waals surface area (Å²) in [6.45, 7) is 3.61. The number of carbonyl (C=O) groups excluding carboxylic acids is 1. The smallest absolute Gasteiger partial charge is 0.270 e. The largest absolute Gasteiger partial charge is 0.495 e. The van der Waals surface area contributed by atoms with Crippen molar-refractivity contribution in [3.05, 3.63) is 42.2 Å². The minimum absolute atomic E-state index is 0.137. The summed E-state index contributed by atoms with van der Waals surface area (Å²) in [6, 6.07) is 9.39. The fourth-order valence-corrected chi connectivity index (χ4v) is 5.93. The summed E-state index contributed by atoms with van der Waals surface area (Å²) in [5.41, 5.74) is 1.42. The van der Waals surface area contributed by atoms with E-state index < -0.39 is 10.0 Å². The molecule has 168 valence electrons. The molecule has 0 radical (unpaired) electrons. The van der Waals surface area contributed by atoms with Crippen molar-refractivity contribution in [1.29, 1.82) is 0 Å². The molecule has 4 rings (SSSR count). The van der Waals surface area contributed by atoms with E-state index in [4.69, 9.17) is 4.74 Å². The quantitative estimate of drug-likeness (QED) is 0.704. The van der Waals surface area contributed by atoms with Gasteiger partial charge in [0.15, 0.2) is 0 Å². The maximum atomic E-state index is 13.2. The Kier molecular flexibility index (Phi) is 6.24. The molecule has 0 unspecified atom stereocenters. The van der Waals surface area contributed by atoms with Crippen molar-refractivity contribution in [2.75, 3.05) is 51.3 Å². The molecular weight excluding hydrogens is 416 g/mol. The first-order valence-electron chi connectivity index (χ1n) is 10.8. The van der Waals surface area contributed by atoms with Gasteiger partial charge in [0.25, 0.3) is 5.91 Å². The van der Waals surface area contributed by atoms with E-state index >= 15 is 0 Å². The highest BCUT2D eigenvalue weighted by Crippen LogP contribution is 2.29. The third kappa shape index (κ3) is 4.29. The van der Waals surface area contributed by atoms with Crippen LogP contribution in [0.5, 0.6) is 5.75 Å². The molecule has 1 aromatic carbocycles. The number of aryl methyl sites for hydroxylation is 1. The molecule has 2 fully saturated rings. The average molecular weight is 447 g/mol. The fourth-order valence-electron chi connectivity index (χ4n) is 4.35. The Morgan fingerprint density at radius 2 is 1.65 bits per heavy atom. The van der Waals surface area contributed by atoms with Crippen molar-refractivity contribution < 1.29 is 17.9 Å². The molecule has 3 heterocycles. The summed E-state index contributed by atoms with van der Waals surface area (Å²) in [7, 11) is -0.175. The molecule has 2 saturated heterocycles. The summed E-state index contributed by atoms with van der Waals surface area (Å²) in [5.74, 6) is 0.680. The third-order valence-electron chi connectivity index (χ3n) is 6.14. The van der Waals surface area contributed by atoms with E-state index in [9.17, 15) is 13.2 Å². The number of para-hydroxylation sites is 2. The van der Waals surface area contributed by atoms with Crippen LogP contribution in [0.3, 0.4) is 0 Å². The topological polar surface area (TPSA) is 75.1 Å². The minimum atomic E-state index is -3.56. The SMILES string of the molecule is COc1ccccc1N1CCN(C(=O)c2cc(S(=O)(=O)N3CCCCC3)cn2C)CC1. The van der Waals surface area contributed by atoms with Crippen molar-refractivity contribution in [3.63, 3.8) is 0 Å². The van der Waals surface area contributed by atoms with Crippen LogP contribution in [-0.2, 0) is 17.1 Å². The van der Waals surface area contributed by atoms with Gasteiger partial charge in [-0.1, -0.05) is 18.6 Å². The number of benzene rings is 1. The molecule has 2 aromatic rings. The number of carbonyl (C=O) groups is 1. The van der Waals surface area contributed by atoms with Crippen molar-refractivity contribution in [1.82, 2.24) is 13.8 Å². The highest BCUT2D eigenvalue weighted by molar-refractivity contribution is 7.89. The molecule has 9 heteroatoms. The number of anilines is 1. The number of rotatable bonds is 5. The molecule has 0 N–H and O–H groups in total. The second-order valence-corrected chi connectivity index (χ2v) is 10.0. The molecule has 1 aromatic heterocycles. The van der Waals surface area contributed by atoms with Crippen LogP contribution < -0.4 is 9.64 Å². The van der Waals surface area contributed by atoms with Gasteiger partial charge < -0.3 is 19.1 Å². The zero-order chi connectivity index (χ0) is 22.0. The Morgan fingerprint density at radius 3 is 2.32 bits per heavy atom. The van der Waals surface area contributed by atoms with Crippen LogP contribution in [0.25, 0.3) is 0 Å². The van der Waals surface area contributed by atoms with Crippen LogP contribution in [0.2, 0.25) is 0 Å².